The summed E-state index contributed by atoms with van der Waals surface area (Å²) in [5, 5.41) is 0. The van der Waals surface area contributed by atoms with Crippen LogP contribution >= 0.6 is 0 Å². The predicted octanol–water partition coefficient (Wildman–Crippen LogP) is 1.87. The first kappa shape index (κ1) is 16.7. The van der Waals surface area contributed by atoms with Crippen LogP contribution in [0.1, 0.15) is 46.9 Å². The Kier molecular flexibility index (Phi) is 4.47. The molecule has 0 radical (unpaired) electrons. The minimum absolute atomic E-state index is 0.0560. The number of rotatable bonds is 4. The summed E-state index contributed by atoms with van der Waals surface area (Å²) in [7, 11) is -2.14. The summed E-state index contributed by atoms with van der Waals surface area (Å²) in [4.78, 5) is 11.4. The topological polar surface area (TPSA) is 94.2 Å². The maximum atomic E-state index is 12.7. The number of nitrogens with zero attached hydrogens (tertiary/aromatic N) is 1. The van der Waals surface area contributed by atoms with Crippen molar-refractivity contribution in [1.29, 1.82) is 0 Å². The molecule has 128 valence electrons. The van der Waals surface area contributed by atoms with Gasteiger partial charge in [-0.2, -0.15) is 0 Å². The number of aromatic nitrogens is 1. The van der Waals surface area contributed by atoms with Crippen LogP contribution in [-0.2, 0) is 23.5 Å². The fourth-order valence-corrected chi connectivity index (χ4v) is 4.54. The number of nitrogens with two attached hydrogens (primary N) is 1. The van der Waals surface area contributed by atoms with Crippen molar-refractivity contribution in [3.8, 4) is 0 Å². The molecule has 3 N–H and O–H groups in total. The lowest BCUT2D eigenvalue weighted by atomic mass is 10.0. The number of carbonyl (C=O) groups excluding carboxylic acids is 1. The van der Waals surface area contributed by atoms with Crippen LogP contribution in [0, 0.1) is 0 Å². The SMILES string of the molecule is Cn1cc(S(=O)(=O)N[C@H]2CCCCc3ccccc32)cc1C(N)=O. The van der Waals surface area contributed by atoms with Crippen molar-refractivity contribution in [1.82, 2.24) is 9.29 Å². The van der Waals surface area contributed by atoms with Crippen LogP contribution in [-0.4, -0.2) is 18.9 Å². The van der Waals surface area contributed by atoms with E-state index < -0.39 is 15.9 Å². The van der Waals surface area contributed by atoms with E-state index >= 15 is 0 Å². The molecule has 1 atom stereocenters. The number of benzene rings is 1. The summed E-state index contributed by atoms with van der Waals surface area (Å²) in [6.07, 6.45) is 5.14. The highest BCUT2D eigenvalue weighted by Gasteiger charge is 2.26. The molecule has 0 aliphatic heterocycles. The number of hydrogen-bond acceptors (Lipinski definition) is 3. The number of carbonyl (C=O) groups is 1. The summed E-state index contributed by atoms with van der Waals surface area (Å²) in [5.41, 5.74) is 7.65. The van der Waals surface area contributed by atoms with E-state index in [0.717, 1.165) is 31.2 Å². The van der Waals surface area contributed by atoms with Crippen LogP contribution in [0.25, 0.3) is 0 Å². The van der Waals surface area contributed by atoms with Gasteiger partial charge in [0, 0.05) is 19.3 Å². The van der Waals surface area contributed by atoms with Crippen molar-refractivity contribution in [2.24, 2.45) is 12.8 Å². The molecular weight excluding hydrogens is 326 g/mol. The molecule has 0 saturated heterocycles. The van der Waals surface area contributed by atoms with Gasteiger partial charge in [-0.3, -0.25) is 4.79 Å². The number of hydrogen-bond donors (Lipinski definition) is 2. The molecule has 24 heavy (non-hydrogen) atoms. The van der Waals surface area contributed by atoms with Gasteiger partial charge < -0.3 is 10.3 Å². The minimum Gasteiger partial charge on any atom is -0.364 e. The first-order chi connectivity index (χ1) is 11.4. The van der Waals surface area contributed by atoms with E-state index in [1.807, 2.05) is 18.2 Å². The number of nitrogens with one attached hydrogen (secondary N) is 1. The van der Waals surface area contributed by atoms with E-state index in [0.29, 0.717) is 0 Å². The Morgan fingerprint density at radius 2 is 2.04 bits per heavy atom. The number of sulfonamides is 1. The Bertz CT molecular complexity index is 871. The lowest BCUT2D eigenvalue weighted by Gasteiger charge is -2.19. The Morgan fingerprint density at radius 3 is 2.75 bits per heavy atom. The van der Waals surface area contributed by atoms with Crippen molar-refractivity contribution in [3.63, 3.8) is 0 Å². The fourth-order valence-electron chi connectivity index (χ4n) is 3.23. The van der Waals surface area contributed by atoms with Crippen LogP contribution in [0.3, 0.4) is 0 Å². The van der Waals surface area contributed by atoms with Crippen LogP contribution in [0.5, 0.6) is 0 Å². The third kappa shape index (κ3) is 3.22. The molecule has 1 aromatic heterocycles. The van der Waals surface area contributed by atoms with Crippen LogP contribution in [0.15, 0.2) is 41.4 Å². The van der Waals surface area contributed by atoms with Gasteiger partial charge in [0.15, 0.2) is 0 Å². The Hall–Kier alpha value is -2.12. The monoisotopic (exact) mass is 347 g/mol. The molecule has 0 unspecified atom stereocenters. The zero-order chi connectivity index (χ0) is 17.3. The summed E-state index contributed by atoms with van der Waals surface area (Å²) in [5.74, 6) is -0.654. The van der Waals surface area contributed by atoms with Gasteiger partial charge in [0.1, 0.15) is 10.6 Å². The summed E-state index contributed by atoms with van der Waals surface area (Å²) in [6, 6.07) is 8.99. The van der Waals surface area contributed by atoms with Gasteiger partial charge in [0.05, 0.1) is 0 Å². The molecule has 1 heterocycles. The van der Waals surface area contributed by atoms with Crippen LogP contribution < -0.4 is 10.5 Å². The molecule has 1 aromatic carbocycles. The number of primary amides is 1. The maximum absolute atomic E-state index is 12.7. The van der Waals surface area contributed by atoms with Crippen LogP contribution in [0.2, 0.25) is 0 Å². The second-order valence-corrected chi connectivity index (χ2v) is 7.87. The standard InChI is InChI=1S/C17H21N3O3S/c1-20-11-13(10-16(20)17(18)21)24(22,23)19-15-9-5-3-7-12-6-2-4-8-14(12)15/h2,4,6,8,10-11,15,19H,3,5,7,9H2,1H3,(H2,18,21)/t15-/m0/s1. The van der Waals surface area contributed by atoms with Crippen LogP contribution in [0.4, 0.5) is 0 Å². The van der Waals surface area contributed by atoms with Gasteiger partial charge in [0.25, 0.3) is 5.91 Å². The molecule has 3 rings (SSSR count). The van der Waals surface area contributed by atoms with E-state index in [1.165, 1.54) is 22.4 Å². The van der Waals surface area contributed by atoms with Crippen molar-refractivity contribution < 1.29 is 13.2 Å². The molecular formula is C17H21N3O3S. The van der Waals surface area contributed by atoms with E-state index in [1.54, 1.807) is 7.05 Å². The minimum atomic E-state index is -3.73. The molecule has 7 heteroatoms. The average Bonchev–Trinajstić information content (AvgIpc) is 2.83. The predicted molar refractivity (Wildman–Crippen MR) is 91.0 cm³/mol. The summed E-state index contributed by atoms with van der Waals surface area (Å²) in [6.45, 7) is 0. The second kappa shape index (κ2) is 6.41. The van der Waals surface area contributed by atoms with E-state index in [2.05, 4.69) is 10.8 Å². The fraction of sp³-hybridized carbons (Fsp3) is 0.353. The molecule has 0 spiro atoms. The quantitative estimate of drug-likeness (QED) is 0.827. The molecule has 1 amide bonds. The van der Waals surface area contributed by atoms with Gasteiger partial charge in [-0.1, -0.05) is 30.7 Å². The number of aryl methyl sites for hydroxylation is 2. The smallest absolute Gasteiger partial charge is 0.265 e. The number of amides is 1. The number of fused-ring (bicyclic) bond motifs is 1. The normalized spacial score (nSPS) is 18.0. The Morgan fingerprint density at radius 1 is 1.29 bits per heavy atom. The van der Waals surface area contributed by atoms with E-state index in [9.17, 15) is 13.2 Å². The third-order valence-electron chi connectivity index (χ3n) is 4.46. The largest absolute Gasteiger partial charge is 0.364 e. The second-order valence-electron chi connectivity index (χ2n) is 6.15. The lowest BCUT2D eigenvalue weighted by Crippen LogP contribution is -2.28. The van der Waals surface area contributed by atoms with Gasteiger partial charge in [-0.05, 0) is 36.5 Å². The van der Waals surface area contributed by atoms with E-state index in [-0.39, 0.29) is 16.6 Å². The maximum Gasteiger partial charge on any atom is 0.265 e. The highest BCUT2D eigenvalue weighted by Crippen LogP contribution is 2.30. The van der Waals surface area contributed by atoms with Crippen molar-refractivity contribution in [3.05, 3.63) is 53.3 Å². The Balaban J connectivity index is 1.92. The Labute approximate surface area is 141 Å². The summed E-state index contributed by atoms with van der Waals surface area (Å²) < 4.78 is 29.7. The third-order valence-corrected chi connectivity index (χ3v) is 5.90. The molecule has 0 bridgehead atoms. The zero-order valence-corrected chi connectivity index (χ0v) is 14.3. The first-order valence-corrected chi connectivity index (χ1v) is 9.43. The van der Waals surface area contributed by atoms with Crippen molar-refractivity contribution in [2.75, 3.05) is 0 Å². The summed E-state index contributed by atoms with van der Waals surface area (Å²) >= 11 is 0. The average molecular weight is 347 g/mol. The van der Waals surface area contributed by atoms with Gasteiger partial charge in [-0.25, -0.2) is 13.1 Å². The molecule has 2 aromatic rings. The zero-order valence-electron chi connectivity index (χ0n) is 13.5. The highest BCUT2D eigenvalue weighted by molar-refractivity contribution is 7.89. The highest BCUT2D eigenvalue weighted by atomic mass is 32.2. The molecule has 1 aliphatic carbocycles. The molecule has 1 aliphatic rings. The van der Waals surface area contributed by atoms with Crippen molar-refractivity contribution >= 4 is 15.9 Å². The molecule has 0 fully saturated rings. The first-order valence-electron chi connectivity index (χ1n) is 7.95. The van der Waals surface area contributed by atoms with Gasteiger partial charge in [0.2, 0.25) is 10.0 Å². The van der Waals surface area contributed by atoms with E-state index in [4.69, 9.17) is 5.73 Å². The van der Waals surface area contributed by atoms with Gasteiger partial charge in [-0.15, -0.1) is 0 Å². The van der Waals surface area contributed by atoms with Gasteiger partial charge >= 0.3 is 0 Å². The lowest BCUT2D eigenvalue weighted by molar-refractivity contribution is 0.0992. The van der Waals surface area contributed by atoms with Crippen molar-refractivity contribution in [2.45, 2.75) is 36.6 Å². The molecule has 6 nitrogen and oxygen atoms in total. The molecule has 0 saturated carbocycles.